The molecule has 0 aliphatic heterocycles. The summed E-state index contributed by atoms with van der Waals surface area (Å²) >= 11 is 0. The van der Waals surface area contributed by atoms with Gasteiger partial charge in [-0.25, -0.2) is 4.79 Å². The highest BCUT2D eigenvalue weighted by Crippen LogP contribution is 2.14. The van der Waals surface area contributed by atoms with Crippen LogP contribution >= 0.6 is 0 Å². The number of rotatable bonds is 7. The summed E-state index contributed by atoms with van der Waals surface area (Å²) in [4.78, 5) is 12.5. The van der Waals surface area contributed by atoms with Gasteiger partial charge < -0.3 is 9.47 Å². The Labute approximate surface area is 153 Å². The second kappa shape index (κ2) is 9.23. The molecule has 0 aliphatic rings. The minimum atomic E-state index is -0.818. The van der Waals surface area contributed by atoms with E-state index >= 15 is 0 Å². The van der Waals surface area contributed by atoms with E-state index in [0.29, 0.717) is 5.75 Å². The molecule has 0 bridgehead atoms. The quantitative estimate of drug-likeness (QED) is 0.572. The van der Waals surface area contributed by atoms with Crippen LogP contribution in [-0.4, -0.2) is 12.1 Å². The molecule has 130 valence electrons. The first-order valence-electron chi connectivity index (χ1n) is 8.47. The summed E-state index contributed by atoms with van der Waals surface area (Å²) in [5.41, 5.74) is 1.93. The Balaban J connectivity index is 1.71. The van der Waals surface area contributed by atoms with Gasteiger partial charge in [-0.2, -0.15) is 0 Å². The molecule has 1 unspecified atom stereocenters. The molecule has 0 radical (unpaired) electrons. The van der Waals surface area contributed by atoms with E-state index < -0.39 is 12.1 Å². The summed E-state index contributed by atoms with van der Waals surface area (Å²) in [7, 11) is 0. The Kier molecular flexibility index (Phi) is 6.21. The maximum absolute atomic E-state index is 12.5. The van der Waals surface area contributed by atoms with E-state index in [4.69, 9.17) is 9.47 Å². The SMILES string of the molecule is O=C(OCc1ccccc1)C(C=Cc1ccccc1)Oc1ccccc1. The Bertz CT molecular complexity index is 827. The summed E-state index contributed by atoms with van der Waals surface area (Å²) in [5, 5.41) is 0. The van der Waals surface area contributed by atoms with Gasteiger partial charge in [0.1, 0.15) is 12.4 Å². The first-order chi connectivity index (χ1) is 12.8. The van der Waals surface area contributed by atoms with E-state index in [1.54, 1.807) is 6.08 Å². The fourth-order valence-corrected chi connectivity index (χ4v) is 2.39. The summed E-state index contributed by atoms with van der Waals surface area (Å²) in [6.45, 7) is 0.216. The van der Waals surface area contributed by atoms with E-state index in [1.165, 1.54) is 0 Å². The predicted octanol–water partition coefficient (Wildman–Crippen LogP) is 4.89. The molecular formula is C23H20O3. The number of esters is 1. The Hall–Kier alpha value is -3.33. The van der Waals surface area contributed by atoms with Crippen molar-refractivity contribution in [1.82, 2.24) is 0 Å². The van der Waals surface area contributed by atoms with Crippen molar-refractivity contribution in [3.63, 3.8) is 0 Å². The smallest absolute Gasteiger partial charge is 0.351 e. The van der Waals surface area contributed by atoms with E-state index in [1.807, 2.05) is 97.1 Å². The van der Waals surface area contributed by atoms with Gasteiger partial charge >= 0.3 is 5.97 Å². The lowest BCUT2D eigenvalue weighted by Gasteiger charge is -2.15. The van der Waals surface area contributed by atoms with Crippen LogP contribution in [0.5, 0.6) is 5.75 Å². The molecule has 0 aromatic heterocycles. The van der Waals surface area contributed by atoms with Gasteiger partial charge in [-0.05, 0) is 29.3 Å². The van der Waals surface area contributed by atoms with Gasteiger partial charge in [-0.3, -0.25) is 0 Å². The molecule has 3 aromatic carbocycles. The van der Waals surface area contributed by atoms with Gasteiger partial charge in [0.25, 0.3) is 0 Å². The van der Waals surface area contributed by atoms with Gasteiger partial charge in [0.2, 0.25) is 6.10 Å². The molecular weight excluding hydrogens is 324 g/mol. The minimum Gasteiger partial charge on any atom is -0.475 e. The molecule has 3 heteroatoms. The minimum absolute atomic E-state index is 0.216. The molecule has 1 atom stereocenters. The molecule has 26 heavy (non-hydrogen) atoms. The lowest BCUT2D eigenvalue weighted by molar-refractivity contribution is -0.151. The third-order valence-corrected chi connectivity index (χ3v) is 3.73. The van der Waals surface area contributed by atoms with Crippen molar-refractivity contribution in [2.75, 3.05) is 0 Å². The second-order valence-corrected chi connectivity index (χ2v) is 5.71. The number of hydrogen-bond donors (Lipinski definition) is 0. The number of hydrogen-bond acceptors (Lipinski definition) is 3. The fraction of sp³-hybridized carbons (Fsp3) is 0.0870. The van der Waals surface area contributed by atoms with E-state index in [2.05, 4.69) is 0 Å². The monoisotopic (exact) mass is 344 g/mol. The molecule has 3 nitrogen and oxygen atoms in total. The molecule has 0 fully saturated rings. The maximum Gasteiger partial charge on any atom is 0.351 e. The average Bonchev–Trinajstić information content (AvgIpc) is 2.71. The van der Waals surface area contributed by atoms with Crippen molar-refractivity contribution in [2.24, 2.45) is 0 Å². The molecule has 3 aromatic rings. The first-order valence-corrected chi connectivity index (χ1v) is 8.47. The van der Waals surface area contributed by atoms with Crippen LogP contribution in [0.15, 0.2) is 97.1 Å². The largest absolute Gasteiger partial charge is 0.475 e. The van der Waals surface area contributed by atoms with Crippen molar-refractivity contribution in [3.05, 3.63) is 108 Å². The normalized spacial score (nSPS) is 11.8. The molecule has 0 N–H and O–H groups in total. The van der Waals surface area contributed by atoms with Crippen LogP contribution < -0.4 is 4.74 Å². The molecule has 3 rings (SSSR count). The topological polar surface area (TPSA) is 35.5 Å². The second-order valence-electron chi connectivity index (χ2n) is 5.71. The number of para-hydroxylation sites is 1. The zero-order valence-corrected chi connectivity index (χ0v) is 14.3. The van der Waals surface area contributed by atoms with Crippen LogP contribution in [0.25, 0.3) is 6.08 Å². The molecule has 0 saturated carbocycles. The van der Waals surface area contributed by atoms with Crippen molar-refractivity contribution in [2.45, 2.75) is 12.7 Å². The van der Waals surface area contributed by atoms with Gasteiger partial charge in [0.05, 0.1) is 0 Å². The predicted molar refractivity (Wildman–Crippen MR) is 103 cm³/mol. The highest BCUT2D eigenvalue weighted by atomic mass is 16.6. The third kappa shape index (κ3) is 5.35. The van der Waals surface area contributed by atoms with Crippen LogP contribution in [0.3, 0.4) is 0 Å². The van der Waals surface area contributed by atoms with Crippen LogP contribution in [0.2, 0.25) is 0 Å². The van der Waals surface area contributed by atoms with Gasteiger partial charge in [-0.1, -0.05) is 84.9 Å². The van der Waals surface area contributed by atoms with Crippen molar-refractivity contribution >= 4 is 12.0 Å². The maximum atomic E-state index is 12.5. The average molecular weight is 344 g/mol. The van der Waals surface area contributed by atoms with Crippen molar-refractivity contribution in [3.8, 4) is 5.75 Å². The summed E-state index contributed by atoms with van der Waals surface area (Å²) in [6, 6.07) is 28.6. The van der Waals surface area contributed by atoms with Crippen molar-refractivity contribution < 1.29 is 14.3 Å². The summed E-state index contributed by atoms with van der Waals surface area (Å²) in [6.07, 6.45) is 2.76. The van der Waals surface area contributed by atoms with Crippen LogP contribution in [0.4, 0.5) is 0 Å². The number of ether oxygens (including phenoxy) is 2. The Morgan fingerprint density at radius 2 is 1.38 bits per heavy atom. The van der Waals surface area contributed by atoms with Gasteiger partial charge in [-0.15, -0.1) is 0 Å². The molecule has 0 heterocycles. The summed E-state index contributed by atoms with van der Waals surface area (Å²) < 4.78 is 11.3. The van der Waals surface area contributed by atoms with E-state index in [9.17, 15) is 4.79 Å². The molecule has 0 aliphatic carbocycles. The third-order valence-electron chi connectivity index (χ3n) is 3.73. The lowest BCUT2D eigenvalue weighted by Crippen LogP contribution is -2.27. The highest BCUT2D eigenvalue weighted by molar-refractivity contribution is 5.78. The van der Waals surface area contributed by atoms with Crippen LogP contribution in [-0.2, 0) is 16.1 Å². The first kappa shape index (κ1) is 17.5. The molecule has 0 spiro atoms. The number of carbonyl (C=O) groups excluding carboxylic acids is 1. The lowest BCUT2D eigenvalue weighted by atomic mass is 10.2. The number of benzene rings is 3. The Morgan fingerprint density at radius 3 is 2.04 bits per heavy atom. The van der Waals surface area contributed by atoms with Gasteiger partial charge in [0, 0.05) is 0 Å². The zero-order chi connectivity index (χ0) is 18.0. The van der Waals surface area contributed by atoms with E-state index in [-0.39, 0.29) is 6.61 Å². The highest BCUT2D eigenvalue weighted by Gasteiger charge is 2.19. The number of carbonyl (C=O) groups is 1. The fourth-order valence-electron chi connectivity index (χ4n) is 2.39. The zero-order valence-electron chi connectivity index (χ0n) is 14.3. The molecule has 0 saturated heterocycles. The summed E-state index contributed by atoms with van der Waals surface area (Å²) in [5.74, 6) is 0.191. The van der Waals surface area contributed by atoms with Crippen molar-refractivity contribution in [1.29, 1.82) is 0 Å². The van der Waals surface area contributed by atoms with E-state index in [0.717, 1.165) is 11.1 Å². The van der Waals surface area contributed by atoms with Gasteiger partial charge in [0.15, 0.2) is 0 Å². The standard InChI is InChI=1S/C23H20O3/c24-23(25-18-20-12-6-2-7-13-20)22(26-21-14-8-3-9-15-21)17-16-19-10-4-1-5-11-19/h1-17,22H,18H2. The van der Waals surface area contributed by atoms with Crippen LogP contribution in [0.1, 0.15) is 11.1 Å². The van der Waals surface area contributed by atoms with Crippen LogP contribution in [0, 0.1) is 0 Å². The Morgan fingerprint density at radius 1 is 0.808 bits per heavy atom. The molecule has 0 amide bonds.